The molecule has 7 heteroatoms. The first-order valence-electron chi connectivity index (χ1n) is 5.93. The molecule has 0 spiro atoms. The Labute approximate surface area is 116 Å². The first-order valence-corrected chi connectivity index (χ1v) is 5.93. The number of amides is 1. The number of ether oxygens (including phenoxy) is 4. The molecule has 1 amide bonds. The van der Waals surface area contributed by atoms with Crippen LogP contribution in [0.5, 0.6) is 0 Å². The van der Waals surface area contributed by atoms with Gasteiger partial charge in [-0.2, -0.15) is 0 Å². The Hall–Kier alpha value is -0.730. The number of aliphatic hydroxyl groups is 1. The van der Waals surface area contributed by atoms with Crippen molar-refractivity contribution in [3.8, 4) is 0 Å². The molecule has 19 heavy (non-hydrogen) atoms. The Balaban J connectivity index is -0.00000144. The topological polar surface area (TPSA) is 86.3 Å². The molecule has 2 N–H and O–H groups in total. The minimum absolute atomic E-state index is 0. The molecule has 0 aliphatic rings. The maximum Gasteiger partial charge on any atom is 0.245 e. The minimum Gasteiger partial charge on any atom is -0.394 e. The molecule has 0 aromatic rings. The zero-order valence-corrected chi connectivity index (χ0v) is 10.9. The highest BCUT2D eigenvalue weighted by atomic mass is 16.6. The molecule has 0 rings (SSSR count). The van der Waals surface area contributed by atoms with Gasteiger partial charge in [0.1, 0.15) is 6.61 Å². The molecule has 0 saturated heterocycles. The molecule has 0 aromatic heterocycles. The van der Waals surface area contributed by atoms with Gasteiger partial charge in [-0.15, -0.1) is 0 Å². The zero-order valence-electron chi connectivity index (χ0n) is 10.9. The molecule has 0 aliphatic heterocycles. The fourth-order valence-electron chi connectivity index (χ4n) is 0.961. The minimum atomic E-state index is -0.152. The van der Waals surface area contributed by atoms with Gasteiger partial charge in [0.05, 0.1) is 52.9 Å². The number of hydrogen-bond donors (Lipinski definition) is 2. The quantitative estimate of drug-likeness (QED) is 0.450. The van der Waals surface area contributed by atoms with Crippen molar-refractivity contribution in [2.75, 3.05) is 66.5 Å². The van der Waals surface area contributed by atoms with Crippen molar-refractivity contribution in [3.63, 3.8) is 0 Å². The normalized spacial score (nSPS) is 10.0. The van der Waals surface area contributed by atoms with E-state index in [1.807, 2.05) is 0 Å². The van der Waals surface area contributed by atoms with Crippen LogP contribution < -0.4 is 5.32 Å². The van der Waals surface area contributed by atoms with Gasteiger partial charge in [0, 0.05) is 8.47 Å². The maximum absolute atomic E-state index is 10.8. The molecule has 0 bridgehead atoms. The smallest absolute Gasteiger partial charge is 0.245 e. The number of carbonyl (C=O) groups is 1. The van der Waals surface area contributed by atoms with E-state index in [1.54, 1.807) is 7.05 Å². The third-order valence-electron chi connectivity index (χ3n) is 1.86. The molecule has 0 aromatic carbocycles. The first kappa shape index (κ1) is 20.6. The van der Waals surface area contributed by atoms with Crippen LogP contribution in [0.4, 0.5) is 0 Å². The summed E-state index contributed by atoms with van der Waals surface area (Å²) in [5.74, 6) is -0.152. The number of aliphatic hydroxyl groups excluding tert-OH is 1. The van der Waals surface area contributed by atoms with E-state index in [-0.39, 0.29) is 28.0 Å². The van der Waals surface area contributed by atoms with E-state index >= 15 is 0 Å². The highest BCUT2D eigenvalue weighted by Gasteiger charge is 1.96. The SMILES string of the molecule is C.CNC(=O)COCCOCCOCCOCCO.[HH]. The summed E-state index contributed by atoms with van der Waals surface area (Å²) < 4.78 is 20.5. The predicted octanol–water partition coefficient (Wildman–Crippen LogP) is -0.327. The van der Waals surface area contributed by atoms with Crippen LogP contribution in [0.3, 0.4) is 0 Å². The number of likely N-dealkylation sites (N-methyl/N-ethyl adjacent to an activating group) is 1. The van der Waals surface area contributed by atoms with Crippen LogP contribution >= 0.6 is 0 Å². The third kappa shape index (κ3) is 17.3. The lowest BCUT2D eigenvalue weighted by atomic mass is 10.6. The standard InChI is InChI=1S/C11H23NO6.CH4.H2/c1-12-11(14)10-18-9-8-17-7-6-16-5-4-15-3-2-13;;/h13H,2-10H2,1H3,(H,12,14);1H4;1H. The van der Waals surface area contributed by atoms with Crippen molar-refractivity contribution in [1.82, 2.24) is 5.32 Å². The molecule has 0 atom stereocenters. The lowest BCUT2D eigenvalue weighted by Gasteiger charge is -2.06. The van der Waals surface area contributed by atoms with Crippen LogP contribution in [-0.4, -0.2) is 77.5 Å². The summed E-state index contributed by atoms with van der Waals surface area (Å²) in [5.41, 5.74) is 0. The summed E-state index contributed by atoms with van der Waals surface area (Å²) in [6.07, 6.45) is 0. The number of rotatable bonds is 13. The van der Waals surface area contributed by atoms with Crippen molar-refractivity contribution in [3.05, 3.63) is 0 Å². The molecule has 0 unspecified atom stereocenters. The number of nitrogens with one attached hydrogen (secondary N) is 1. The molecule has 7 nitrogen and oxygen atoms in total. The Morgan fingerprint density at radius 2 is 1.37 bits per heavy atom. The molecule has 0 saturated carbocycles. The van der Waals surface area contributed by atoms with Crippen LogP contribution in [0.1, 0.15) is 8.85 Å². The molecule has 0 radical (unpaired) electrons. The molecular formula is C12H29NO6. The Morgan fingerprint density at radius 3 is 1.79 bits per heavy atom. The fourth-order valence-corrected chi connectivity index (χ4v) is 0.961. The fraction of sp³-hybridized carbons (Fsp3) is 0.917. The first-order chi connectivity index (χ1) is 8.81. The second-order valence-corrected chi connectivity index (χ2v) is 3.29. The summed E-state index contributed by atoms with van der Waals surface area (Å²) in [6, 6.07) is 0. The second-order valence-electron chi connectivity index (χ2n) is 3.29. The molecule has 118 valence electrons. The van der Waals surface area contributed by atoms with Crippen LogP contribution in [0, 0.1) is 0 Å². The van der Waals surface area contributed by atoms with Crippen LogP contribution in [0.25, 0.3) is 0 Å². The Morgan fingerprint density at radius 1 is 0.947 bits per heavy atom. The van der Waals surface area contributed by atoms with Crippen molar-refractivity contribution in [2.45, 2.75) is 7.43 Å². The average Bonchev–Trinajstić information content (AvgIpc) is 2.39. The van der Waals surface area contributed by atoms with Gasteiger partial charge in [-0.1, -0.05) is 7.43 Å². The summed E-state index contributed by atoms with van der Waals surface area (Å²) >= 11 is 0. The van der Waals surface area contributed by atoms with Gasteiger partial charge in [0.25, 0.3) is 0 Å². The van der Waals surface area contributed by atoms with Gasteiger partial charge >= 0.3 is 0 Å². The summed E-state index contributed by atoms with van der Waals surface area (Å²) in [6.45, 7) is 3.14. The van der Waals surface area contributed by atoms with E-state index in [1.165, 1.54) is 0 Å². The van der Waals surface area contributed by atoms with Crippen molar-refractivity contribution in [2.24, 2.45) is 0 Å². The highest BCUT2D eigenvalue weighted by molar-refractivity contribution is 5.76. The van der Waals surface area contributed by atoms with E-state index in [0.29, 0.717) is 46.2 Å². The van der Waals surface area contributed by atoms with Gasteiger partial charge in [-0.25, -0.2) is 0 Å². The van der Waals surface area contributed by atoms with Crippen LogP contribution in [-0.2, 0) is 23.7 Å². The van der Waals surface area contributed by atoms with Gasteiger partial charge in [0.2, 0.25) is 5.91 Å². The van der Waals surface area contributed by atoms with E-state index in [9.17, 15) is 4.79 Å². The number of carbonyl (C=O) groups excluding carboxylic acids is 1. The largest absolute Gasteiger partial charge is 0.394 e. The third-order valence-corrected chi connectivity index (χ3v) is 1.86. The monoisotopic (exact) mass is 283 g/mol. The highest BCUT2D eigenvalue weighted by Crippen LogP contribution is 1.82. The maximum atomic E-state index is 10.8. The van der Waals surface area contributed by atoms with Gasteiger partial charge < -0.3 is 29.4 Å². The Bertz CT molecular complexity index is 197. The average molecular weight is 283 g/mol. The zero-order chi connectivity index (χ0) is 13.5. The molecular weight excluding hydrogens is 254 g/mol. The van der Waals surface area contributed by atoms with Gasteiger partial charge in [-0.3, -0.25) is 4.79 Å². The van der Waals surface area contributed by atoms with Crippen molar-refractivity contribution >= 4 is 5.91 Å². The van der Waals surface area contributed by atoms with E-state index in [2.05, 4.69) is 5.32 Å². The van der Waals surface area contributed by atoms with E-state index in [0.717, 1.165) is 0 Å². The predicted molar refractivity (Wildman–Crippen MR) is 73.3 cm³/mol. The van der Waals surface area contributed by atoms with Crippen LogP contribution in [0.2, 0.25) is 0 Å². The summed E-state index contributed by atoms with van der Waals surface area (Å²) in [5, 5.41) is 10.9. The molecule has 0 fully saturated rings. The lowest BCUT2D eigenvalue weighted by Crippen LogP contribution is -2.24. The second kappa shape index (κ2) is 17.3. The summed E-state index contributed by atoms with van der Waals surface area (Å²) in [4.78, 5) is 10.8. The Kier molecular flexibility index (Phi) is 18.7. The molecule has 0 heterocycles. The van der Waals surface area contributed by atoms with Crippen LogP contribution in [0.15, 0.2) is 0 Å². The van der Waals surface area contributed by atoms with E-state index < -0.39 is 0 Å². The summed E-state index contributed by atoms with van der Waals surface area (Å²) in [7, 11) is 1.56. The lowest BCUT2D eigenvalue weighted by molar-refractivity contribution is -0.125. The van der Waals surface area contributed by atoms with Gasteiger partial charge in [-0.05, 0) is 0 Å². The van der Waals surface area contributed by atoms with Crippen molar-refractivity contribution in [1.29, 1.82) is 0 Å². The van der Waals surface area contributed by atoms with Gasteiger partial charge in [0.15, 0.2) is 0 Å². The van der Waals surface area contributed by atoms with Crippen molar-refractivity contribution < 1.29 is 30.3 Å². The van der Waals surface area contributed by atoms with E-state index in [4.69, 9.17) is 24.1 Å². The molecule has 0 aliphatic carbocycles. The number of hydrogen-bond acceptors (Lipinski definition) is 6.